The zero-order chi connectivity index (χ0) is 14.2. The zero-order valence-electron chi connectivity index (χ0n) is 9.72. The van der Waals surface area contributed by atoms with E-state index in [-0.39, 0.29) is 12.5 Å². The van der Waals surface area contributed by atoms with Gasteiger partial charge in [-0.2, -0.15) is 0 Å². The molecule has 1 aromatic carbocycles. The molecule has 0 aromatic heterocycles. The first-order valence-electron chi connectivity index (χ1n) is 5.69. The van der Waals surface area contributed by atoms with Crippen LogP contribution in [0.2, 0.25) is 0 Å². The first-order valence-corrected chi connectivity index (χ1v) is 5.69. The van der Waals surface area contributed by atoms with Gasteiger partial charge in [0.1, 0.15) is 0 Å². The minimum absolute atomic E-state index is 0.0529. The maximum atomic E-state index is 13.3. The molecular weight excluding hydrogens is 266 g/mol. The fourth-order valence-electron chi connectivity index (χ4n) is 1.94. The summed E-state index contributed by atoms with van der Waals surface area (Å²) in [6.45, 7) is 0.163. The number of aliphatic hydroxyl groups excluding tert-OH is 1. The first kappa shape index (κ1) is 13.8. The smallest absolute Gasteiger partial charge is 0.254 e. The first-order chi connectivity index (χ1) is 8.90. The van der Waals surface area contributed by atoms with Gasteiger partial charge in [0.2, 0.25) is 0 Å². The van der Waals surface area contributed by atoms with Crippen LogP contribution in [0.1, 0.15) is 23.2 Å². The third-order valence-corrected chi connectivity index (χ3v) is 3.11. The van der Waals surface area contributed by atoms with Gasteiger partial charge in [-0.1, -0.05) is 0 Å². The SMILES string of the molecule is O=C(NCC1CC(O)C1)c1cc(F)c(F)c(F)c1F. The molecule has 0 bridgehead atoms. The summed E-state index contributed by atoms with van der Waals surface area (Å²) in [6, 6.07) is 0.318. The molecule has 7 heteroatoms. The van der Waals surface area contributed by atoms with Crippen LogP contribution in [0.25, 0.3) is 0 Å². The third-order valence-electron chi connectivity index (χ3n) is 3.11. The summed E-state index contributed by atoms with van der Waals surface area (Å²) in [6.07, 6.45) is 0.614. The molecule has 0 radical (unpaired) electrons. The summed E-state index contributed by atoms with van der Waals surface area (Å²) in [5, 5.41) is 11.3. The Hall–Kier alpha value is -1.63. The van der Waals surface area contributed by atoms with E-state index in [4.69, 9.17) is 5.11 Å². The highest BCUT2D eigenvalue weighted by Crippen LogP contribution is 2.26. The van der Waals surface area contributed by atoms with E-state index in [0.717, 1.165) is 0 Å². The molecule has 0 unspecified atom stereocenters. The van der Waals surface area contributed by atoms with Crippen LogP contribution >= 0.6 is 0 Å². The number of aliphatic hydroxyl groups is 1. The summed E-state index contributed by atoms with van der Waals surface area (Å²) in [7, 11) is 0. The highest BCUT2D eigenvalue weighted by atomic mass is 19.2. The van der Waals surface area contributed by atoms with Gasteiger partial charge in [-0.15, -0.1) is 0 Å². The maximum absolute atomic E-state index is 13.3. The van der Waals surface area contributed by atoms with Crippen LogP contribution in [0.15, 0.2) is 6.07 Å². The van der Waals surface area contributed by atoms with Gasteiger partial charge in [0.15, 0.2) is 23.3 Å². The average molecular weight is 277 g/mol. The van der Waals surface area contributed by atoms with Crippen molar-refractivity contribution in [1.82, 2.24) is 5.32 Å². The van der Waals surface area contributed by atoms with Crippen molar-refractivity contribution < 1.29 is 27.5 Å². The van der Waals surface area contributed by atoms with Crippen molar-refractivity contribution in [2.45, 2.75) is 18.9 Å². The second kappa shape index (κ2) is 5.16. The number of halogens is 4. The van der Waals surface area contributed by atoms with Crippen LogP contribution in [-0.4, -0.2) is 23.7 Å². The van der Waals surface area contributed by atoms with E-state index in [1.165, 1.54) is 0 Å². The molecule has 0 spiro atoms. The monoisotopic (exact) mass is 277 g/mol. The van der Waals surface area contributed by atoms with Crippen LogP contribution in [0.4, 0.5) is 17.6 Å². The van der Waals surface area contributed by atoms with Crippen LogP contribution in [0.5, 0.6) is 0 Å². The topological polar surface area (TPSA) is 49.3 Å². The van der Waals surface area contributed by atoms with Crippen molar-refractivity contribution in [2.75, 3.05) is 6.54 Å². The lowest BCUT2D eigenvalue weighted by Crippen LogP contribution is -2.38. The molecule has 0 aliphatic heterocycles. The Balaban J connectivity index is 2.07. The van der Waals surface area contributed by atoms with Gasteiger partial charge in [-0.25, -0.2) is 17.6 Å². The second-order valence-electron chi connectivity index (χ2n) is 4.55. The number of amides is 1. The fraction of sp³-hybridized carbons (Fsp3) is 0.417. The minimum Gasteiger partial charge on any atom is -0.393 e. The molecular formula is C12H11F4NO2. The highest BCUT2D eigenvalue weighted by Gasteiger charge is 2.28. The van der Waals surface area contributed by atoms with Crippen molar-refractivity contribution in [1.29, 1.82) is 0 Å². The summed E-state index contributed by atoms with van der Waals surface area (Å²) in [5.41, 5.74) is -0.878. The number of nitrogens with one attached hydrogen (secondary N) is 1. The van der Waals surface area contributed by atoms with E-state index in [2.05, 4.69) is 5.32 Å². The van der Waals surface area contributed by atoms with Gasteiger partial charge in [-0.3, -0.25) is 4.79 Å². The lowest BCUT2D eigenvalue weighted by atomic mass is 9.82. The molecule has 1 aliphatic carbocycles. The van der Waals surface area contributed by atoms with Crippen LogP contribution < -0.4 is 5.32 Å². The summed E-state index contributed by atoms with van der Waals surface area (Å²) >= 11 is 0. The van der Waals surface area contributed by atoms with E-state index in [1.807, 2.05) is 0 Å². The molecule has 0 heterocycles. The lowest BCUT2D eigenvalue weighted by Gasteiger charge is -2.31. The van der Waals surface area contributed by atoms with Gasteiger partial charge in [0, 0.05) is 6.54 Å². The predicted octanol–water partition coefficient (Wildman–Crippen LogP) is 1.74. The zero-order valence-corrected chi connectivity index (χ0v) is 9.72. The molecule has 1 saturated carbocycles. The number of carbonyl (C=O) groups excluding carboxylic acids is 1. The second-order valence-corrected chi connectivity index (χ2v) is 4.55. The molecule has 2 rings (SSSR count). The van der Waals surface area contributed by atoms with Crippen molar-refractivity contribution >= 4 is 5.91 Å². The molecule has 1 fully saturated rings. The number of rotatable bonds is 3. The standard InChI is InChI=1S/C12H11F4NO2/c13-8-3-7(9(14)11(16)10(8)15)12(19)17-4-5-1-6(18)2-5/h3,5-6,18H,1-2,4H2,(H,17,19). The quantitative estimate of drug-likeness (QED) is 0.502. The van der Waals surface area contributed by atoms with Gasteiger partial charge in [0.05, 0.1) is 11.7 Å². The third kappa shape index (κ3) is 2.70. The molecule has 0 saturated heterocycles. The van der Waals surface area contributed by atoms with E-state index < -0.39 is 40.8 Å². The van der Waals surface area contributed by atoms with E-state index in [0.29, 0.717) is 18.9 Å². The number of hydrogen-bond acceptors (Lipinski definition) is 2. The Bertz CT molecular complexity index is 515. The molecule has 0 atom stereocenters. The van der Waals surface area contributed by atoms with E-state index in [1.54, 1.807) is 0 Å². The van der Waals surface area contributed by atoms with Crippen LogP contribution in [0.3, 0.4) is 0 Å². The molecule has 1 amide bonds. The van der Waals surface area contributed by atoms with Crippen LogP contribution in [-0.2, 0) is 0 Å². The van der Waals surface area contributed by atoms with Crippen LogP contribution in [0, 0.1) is 29.2 Å². The van der Waals surface area contributed by atoms with Gasteiger partial charge < -0.3 is 10.4 Å². The summed E-state index contributed by atoms with van der Waals surface area (Å²) in [5.74, 6) is -8.26. The Morgan fingerprint density at radius 1 is 1.21 bits per heavy atom. The Labute approximate surface area is 106 Å². The fourth-order valence-corrected chi connectivity index (χ4v) is 1.94. The minimum atomic E-state index is -2.01. The van der Waals surface area contributed by atoms with Crippen molar-refractivity contribution in [3.8, 4) is 0 Å². The summed E-state index contributed by atoms with van der Waals surface area (Å²) in [4.78, 5) is 11.5. The molecule has 3 nitrogen and oxygen atoms in total. The van der Waals surface area contributed by atoms with Gasteiger partial charge in [-0.05, 0) is 24.8 Å². The van der Waals surface area contributed by atoms with Crippen molar-refractivity contribution in [2.24, 2.45) is 5.92 Å². The normalized spacial score (nSPS) is 21.9. The van der Waals surface area contributed by atoms with Crippen molar-refractivity contribution in [3.63, 3.8) is 0 Å². The molecule has 104 valence electrons. The highest BCUT2D eigenvalue weighted by molar-refractivity contribution is 5.94. The predicted molar refractivity (Wildman–Crippen MR) is 57.3 cm³/mol. The van der Waals surface area contributed by atoms with E-state index >= 15 is 0 Å². The Kier molecular flexibility index (Phi) is 3.75. The summed E-state index contributed by atoms with van der Waals surface area (Å²) < 4.78 is 51.8. The van der Waals surface area contributed by atoms with E-state index in [9.17, 15) is 22.4 Å². The van der Waals surface area contributed by atoms with Gasteiger partial charge in [0.25, 0.3) is 5.91 Å². The van der Waals surface area contributed by atoms with Gasteiger partial charge >= 0.3 is 0 Å². The number of carbonyl (C=O) groups is 1. The molecule has 19 heavy (non-hydrogen) atoms. The maximum Gasteiger partial charge on any atom is 0.254 e. The Morgan fingerprint density at radius 2 is 1.84 bits per heavy atom. The Morgan fingerprint density at radius 3 is 2.42 bits per heavy atom. The largest absolute Gasteiger partial charge is 0.393 e. The molecule has 1 aliphatic rings. The number of hydrogen-bond donors (Lipinski definition) is 2. The number of benzene rings is 1. The average Bonchev–Trinajstić information content (AvgIpc) is 2.34. The van der Waals surface area contributed by atoms with Crippen molar-refractivity contribution in [3.05, 3.63) is 34.9 Å². The molecule has 1 aromatic rings. The molecule has 2 N–H and O–H groups in total. The lowest BCUT2D eigenvalue weighted by molar-refractivity contribution is 0.0419.